The second-order valence-electron chi connectivity index (χ2n) is 3.27. The van der Waals surface area contributed by atoms with Gasteiger partial charge in [0.15, 0.2) is 0 Å². The van der Waals surface area contributed by atoms with Crippen molar-refractivity contribution in [1.82, 2.24) is 10.2 Å². The lowest BCUT2D eigenvalue weighted by atomic mass is 10.1. The van der Waals surface area contributed by atoms with E-state index >= 15 is 0 Å². The number of allylic oxidation sites excluding steroid dienone is 1. The van der Waals surface area contributed by atoms with Crippen molar-refractivity contribution in [2.24, 2.45) is 5.92 Å². The van der Waals surface area contributed by atoms with Gasteiger partial charge in [-0.2, -0.15) is 0 Å². The Morgan fingerprint density at radius 2 is 1.92 bits per heavy atom. The van der Waals surface area contributed by atoms with Crippen molar-refractivity contribution in [2.75, 3.05) is 21.1 Å². The third-order valence-electron chi connectivity index (χ3n) is 1.43. The van der Waals surface area contributed by atoms with Crippen LogP contribution in [0.25, 0.3) is 0 Å². The number of nitrogens with zero attached hydrogens (tertiary/aromatic N) is 1. The number of hydrogen-bond donors (Lipinski definition) is 1. The Morgan fingerprint density at radius 1 is 1.42 bits per heavy atom. The standard InChI is InChI=1S/C9H18N2O/c1-7(2)6-8(11(4)5)9(12)10-3/h6-7H,1-5H3,(H,10,12)/b8-6-. The maximum atomic E-state index is 11.3. The van der Waals surface area contributed by atoms with E-state index in [0.29, 0.717) is 11.6 Å². The first kappa shape index (κ1) is 11.0. The van der Waals surface area contributed by atoms with Crippen molar-refractivity contribution in [2.45, 2.75) is 13.8 Å². The third kappa shape index (κ3) is 3.42. The van der Waals surface area contributed by atoms with Crippen LogP contribution in [-0.2, 0) is 4.79 Å². The highest BCUT2D eigenvalue weighted by molar-refractivity contribution is 5.92. The molecule has 0 atom stereocenters. The minimum Gasteiger partial charge on any atom is -0.373 e. The fraction of sp³-hybridized carbons (Fsp3) is 0.667. The third-order valence-corrected chi connectivity index (χ3v) is 1.43. The Balaban J connectivity index is 4.55. The van der Waals surface area contributed by atoms with Gasteiger partial charge in [-0.05, 0) is 5.92 Å². The summed E-state index contributed by atoms with van der Waals surface area (Å²) in [5.41, 5.74) is 0.715. The van der Waals surface area contributed by atoms with Gasteiger partial charge in [0.05, 0.1) is 5.70 Å². The van der Waals surface area contributed by atoms with Crippen molar-refractivity contribution in [1.29, 1.82) is 0 Å². The van der Waals surface area contributed by atoms with Gasteiger partial charge < -0.3 is 10.2 Å². The summed E-state index contributed by atoms with van der Waals surface area (Å²) in [6.45, 7) is 4.10. The van der Waals surface area contributed by atoms with Gasteiger partial charge in [0.25, 0.3) is 5.91 Å². The minimum absolute atomic E-state index is 0.0336. The number of hydrogen-bond acceptors (Lipinski definition) is 2. The Labute approximate surface area is 74.4 Å². The molecule has 0 aliphatic rings. The molecule has 3 nitrogen and oxygen atoms in total. The second-order valence-corrected chi connectivity index (χ2v) is 3.27. The molecule has 1 N–H and O–H groups in total. The van der Waals surface area contributed by atoms with E-state index in [4.69, 9.17) is 0 Å². The van der Waals surface area contributed by atoms with Crippen LogP contribution in [-0.4, -0.2) is 32.0 Å². The molecule has 0 heterocycles. The van der Waals surface area contributed by atoms with E-state index in [9.17, 15) is 4.79 Å². The van der Waals surface area contributed by atoms with E-state index in [1.165, 1.54) is 0 Å². The van der Waals surface area contributed by atoms with E-state index < -0.39 is 0 Å². The maximum absolute atomic E-state index is 11.3. The molecule has 0 aliphatic heterocycles. The molecule has 0 saturated heterocycles. The van der Waals surface area contributed by atoms with Crippen molar-refractivity contribution < 1.29 is 4.79 Å². The van der Waals surface area contributed by atoms with Gasteiger partial charge in [-0.3, -0.25) is 4.79 Å². The first-order valence-corrected chi connectivity index (χ1v) is 4.10. The molecule has 0 spiro atoms. The molecule has 0 radical (unpaired) electrons. The van der Waals surface area contributed by atoms with Gasteiger partial charge >= 0.3 is 0 Å². The van der Waals surface area contributed by atoms with Gasteiger partial charge in [-0.1, -0.05) is 19.9 Å². The van der Waals surface area contributed by atoms with Crippen molar-refractivity contribution in [3.63, 3.8) is 0 Å². The van der Waals surface area contributed by atoms with E-state index in [0.717, 1.165) is 0 Å². The van der Waals surface area contributed by atoms with Crippen LogP contribution in [0, 0.1) is 5.92 Å². The van der Waals surface area contributed by atoms with E-state index in [-0.39, 0.29) is 5.91 Å². The van der Waals surface area contributed by atoms with Crippen molar-refractivity contribution in [3.05, 3.63) is 11.8 Å². The predicted molar refractivity (Wildman–Crippen MR) is 50.7 cm³/mol. The van der Waals surface area contributed by atoms with Gasteiger partial charge in [0.1, 0.15) is 0 Å². The fourth-order valence-electron chi connectivity index (χ4n) is 0.872. The molecule has 3 heteroatoms. The smallest absolute Gasteiger partial charge is 0.266 e. The Kier molecular flexibility index (Phi) is 4.40. The molecule has 0 bridgehead atoms. The van der Waals surface area contributed by atoms with Crippen LogP contribution in [0.15, 0.2) is 11.8 Å². The molecule has 1 amide bonds. The maximum Gasteiger partial charge on any atom is 0.266 e. The van der Waals surface area contributed by atoms with E-state index in [2.05, 4.69) is 5.32 Å². The predicted octanol–water partition coefficient (Wildman–Crippen LogP) is 0.834. The fourth-order valence-corrected chi connectivity index (χ4v) is 0.872. The molecule has 0 aliphatic carbocycles. The van der Waals surface area contributed by atoms with Crippen molar-refractivity contribution >= 4 is 5.91 Å². The van der Waals surface area contributed by atoms with Gasteiger partial charge in [-0.15, -0.1) is 0 Å². The number of nitrogens with one attached hydrogen (secondary N) is 1. The Hall–Kier alpha value is -0.990. The highest BCUT2D eigenvalue weighted by Gasteiger charge is 2.09. The lowest BCUT2D eigenvalue weighted by Gasteiger charge is -2.16. The molecule has 0 aromatic rings. The summed E-state index contributed by atoms with van der Waals surface area (Å²) < 4.78 is 0. The largest absolute Gasteiger partial charge is 0.373 e. The van der Waals surface area contributed by atoms with E-state index in [1.54, 1.807) is 7.05 Å². The lowest BCUT2D eigenvalue weighted by molar-refractivity contribution is -0.118. The molecule has 70 valence electrons. The van der Waals surface area contributed by atoms with Crippen molar-refractivity contribution in [3.8, 4) is 0 Å². The highest BCUT2D eigenvalue weighted by atomic mass is 16.2. The van der Waals surface area contributed by atoms with Gasteiger partial charge in [0, 0.05) is 21.1 Å². The highest BCUT2D eigenvalue weighted by Crippen LogP contribution is 2.04. The first-order valence-electron chi connectivity index (χ1n) is 4.10. The zero-order valence-corrected chi connectivity index (χ0v) is 8.51. The average Bonchev–Trinajstić information content (AvgIpc) is 1.98. The van der Waals surface area contributed by atoms with Crippen LogP contribution >= 0.6 is 0 Å². The summed E-state index contributed by atoms with van der Waals surface area (Å²) in [5.74, 6) is 0.355. The molecule has 0 fully saturated rings. The second kappa shape index (κ2) is 4.80. The zero-order chi connectivity index (χ0) is 9.72. The van der Waals surface area contributed by atoms with Crippen LogP contribution in [0.5, 0.6) is 0 Å². The number of likely N-dealkylation sites (N-methyl/N-ethyl adjacent to an activating group) is 2. The monoisotopic (exact) mass is 170 g/mol. The molecule has 0 unspecified atom stereocenters. The normalized spacial score (nSPS) is 11.7. The van der Waals surface area contributed by atoms with Gasteiger partial charge in [-0.25, -0.2) is 0 Å². The van der Waals surface area contributed by atoms with E-state index in [1.807, 2.05) is 38.9 Å². The lowest BCUT2D eigenvalue weighted by Crippen LogP contribution is -2.28. The molecule has 0 aromatic carbocycles. The quantitative estimate of drug-likeness (QED) is 0.636. The molecular formula is C9H18N2O. The summed E-state index contributed by atoms with van der Waals surface area (Å²) in [6.07, 6.45) is 1.94. The summed E-state index contributed by atoms with van der Waals surface area (Å²) >= 11 is 0. The molecule has 0 rings (SSSR count). The van der Waals surface area contributed by atoms with Crippen LogP contribution in [0.4, 0.5) is 0 Å². The van der Waals surface area contributed by atoms with Crippen LogP contribution < -0.4 is 5.32 Å². The number of carbonyl (C=O) groups is 1. The Bertz CT molecular complexity index is 183. The molecular weight excluding hydrogens is 152 g/mol. The Morgan fingerprint density at radius 3 is 2.17 bits per heavy atom. The summed E-state index contributed by atoms with van der Waals surface area (Å²) in [4.78, 5) is 13.1. The van der Waals surface area contributed by atoms with Crippen LogP contribution in [0.3, 0.4) is 0 Å². The average molecular weight is 170 g/mol. The zero-order valence-electron chi connectivity index (χ0n) is 8.51. The molecule has 0 aromatic heterocycles. The summed E-state index contributed by atoms with van der Waals surface area (Å²) in [5, 5.41) is 2.60. The number of amides is 1. The SMILES string of the molecule is CNC(=O)/C(=C/C(C)C)N(C)C. The minimum atomic E-state index is -0.0336. The topological polar surface area (TPSA) is 32.3 Å². The number of rotatable bonds is 3. The molecule has 12 heavy (non-hydrogen) atoms. The van der Waals surface area contributed by atoms with Crippen LogP contribution in [0.1, 0.15) is 13.8 Å². The summed E-state index contributed by atoms with van der Waals surface area (Å²) in [6, 6.07) is 0. The van der Waals surface area contributed by atoms with Gasteiger partial charge in [0.2, 0.25) is 0 Å². The molecule has 0 saturated carbocycles. The number of carbonyl (C=O) groups excluding carboxylic acids is 1. The first-order chi connectivity index (χ1) is 5.49. The summed E-state index contributed by atoms with van der Waals surface area (Å²) in [7, 11) is 5.37. The van der Waals surface area contributed by atoms with Crippen LogP contribution in [0.2, 0.25) is 0 Å².